The normalized spacial score (nSPS) is 10.1. The van der Waals surface area contributed by atoms with Crippen LogP contribution in [0.15, 0.2) is 24.3 Å². The summed E-state index contributed by atoms with van der Waals surface area (Å²) in [5, 5.41) is 25.0. The van der Waals surface area contributed by atoms with Gasteiger partial charge in [-0.15, -0.1) is 0 Å². The molecule has 16 heavy (non-hydrogen) atoms. The van der Waals surface area contributed by atoms with Crippen LogP contribution in [0.25, 0.3) is 0 Å². The zero-order chi connectivity index (χ0) is 11.8. The maximum absolute atomic E-state index is 10.4. The van der Waals surface area contributed by atoms with Crippen LogP contribution in [0.3, 0.4) is 0 Å². The Morgan fingerprint density at radius 2 is 1.88 bits per heavy atom. The van der Waals surface area contributed by atoms with Crippen molar-refractivity contribution in [2.75, 3.05) is 31.6 Å². The number of aliphatic hydroxyl groups excluding tert-OH is 1. The fraction of sp³-hybridized carbons (Fsp3) is 0.400. The van der Waals surface area contributed by atoms with Crippen molar-refractivity contribution in [2.24, 2.45) is 0 Å². The van der Waals surface area contributed by atoms with Gasteiger partial charge in [-0.2, -0.15) is 0 Å². The van der Waals surface area contributed by atoms with Crippen molar-refractivity contribution in [3.63, 3.8) is 0 Å². The van der Waals surface area contributed by atoms with Gasteiger partial charge in [0.2, 0.25) is 0 Å². The minimum Gasteiger partial charge on any atom is -0.395 e. The first-order chi connectivity index (χ1) is 7.74. The Morgan fingerprint density at radius 1 is 1.19 bits per heavy atom. The number of hydrogen-bond acceptors (Lipinski definition) is 5. The van der Waals surface area contributed by atoms with Crippen molar-refractivity contribution in [2.45, 2.75) is 0 Å². The maximum Gasteiger partial charge on any atom is 0.269 e. The second-order valence-corrected chi connectivity index (χ2v) is 3.20. The Morgan fingerprint density at radius 3 is 2.44 bits per heavy atom. The lowest BCUT2D eigenvalue weighted by Crippen LogP contribution is -2.24. The first-order valence-corrected chi connectivity index (χ1v) is 5.04. The molecule has 0 atom stereocenters. The van der Waals surface area contributed by atoms with Gasteiger partial charge in [0.05, 0.1) is 11.5 Å². The summed E-state index contributed by atoms with van der Waals surface area (Å²) < 4.78 is 0. The minimum absolute atomic E-state index is 0.0870. The molecular formula is C10H15N3O3. The van der Waals surface area contributed by atoms with Crippen LogP contribution in [0.1, 0.15) is 0 Å². The fourth-order valence-electron chi connectivity index (χ4n) is 1.20. The Balaban J connectivity index is 2.29. The van der Waals surface area contributed by atoms with Gasteiger partial charge in [0.25, 0.3) is 5.69 Å². The third kappa shape index (κ3) is 4.24. The van der Waals surface area contributed by atoms with Gasteiger partial charge in [-0.25, -0.2) is 0 Å². The Labute approximate surface area is 93.4 Å². The molecule has 3 N–H and O–H groups in total. The monoisotopic (exact) mass is 225 g/mol. The topological polar surface area (TPSA) is 87.4 Å². The molecule has 0 unspecified atom stereocenters. The molecule has 0 fully saturated rings. The number of rotatable bonds is 7. The summed E-state index contributed by atoms with van der Waals surface area (Å²) in [6, 6.07) is 6.27. The number of non-ortho nitro benzene ring substituents is 1. The third-order valence-electron chi connectivity index (χ3n) is 2.00. The summed E-state index contributed by atoms with van der Waals surface area (Å²) in [6.07, 6.45) is 0. The van der Waals surface area contributed by atoms with Crippen molar-refractivity contribution in [3.05, 3.63) is 34.4 Å². The van der Waals surface area contributed by atoms with E-state index in [1.165, 1.54) is 12.1 Å². The van der Waals surface area contributed by atoms with Crippen LogP contribution >= 0.6 is 0 Å². The number of nitro benzene ring substituents is 1. The molecule has 1 aromatic rings. The van der Waals surface area contributed by atoms with E-state index >= 15 is 0 Å². The second kappa shape index (κ2) is 6.76. The van der Waals surface area contributed by atoms with Gasteiger partial charge in [-0.05, 0) is 12.1 Å². The highest BCUT2D eigenvalue weighted by Crippen LogP contribution is 2.14. The Kier molecular flexibility index (Phi) is 5.24. The highest BCUT2D eigenvalue weighted by Gasteiger charge is 2.02. The molecule has 0 aliphatic carbocycles. The van der Waals surface area contributed by atoms with Gasteiger partial charge >= 0.3 is 0 Å². The molecular weight excluding hydrogens is 210 g/mol. The predicted molar refractivity (Wildman–Crippen MR) is 61.5 cm³/mol. The maximum atomic E-state index is 10.4. The van der Waals surface area contributed by atoms with Crippen LogP contribution in [0.4, 0.5) is 11.4 Å². The fourth-order valence-corrected chi connectivity index (χ4v) is 1.20. The Hall–Kier alpha value is -1.66. The zero-order valence-electron chi connectivity index (χ0n) is 8.85. The highest BCUT2D eigenvalue weighted by molar-refractivity contribution is 5.48. The van der Waals surface area contributed by atoms with Crippen LogP contribution in [0, 0.1) is 10.1 Å². The summed E-state index contributed by atoms with van der Waals surface area (Å²) in [5.41, 5.74) is 0.931. The van der Waals surface area contributed by atoms with E-state index in [-0.39, 0.29) is 12.3 Å². The molecule has 0 bridgehead atoms. The summed E-state index contributed by atoms with van der Waals surface area (Å²) in [4.78, 5) is 9.97. The van der Waals surface area contributed by atoms with Gasteiger partial charge in [0.15, 0.2) is 0 Å². The standard InChI is InChI=1S/C10H15N3O3/c14-8-7-11-5-6-12-9-1-3-10(4-2-9)13(15)16/h1-4,11-12,14H,5-8H2. The summed E-state index contributed by atoms with van der Waals surface area (Å²) in [5.74, 6) is 0. The Bertz CT molecular complexity index is 327. The lowest BCUT2D eigenvalue weighted by atomic mass is 10.3. The molecule has 0 aliphatic rings. The van der Waals surface area contributed by atoms with E-state index in [0.717, 1.165) is 12.2 Å². The zero-order valence-corrected chi connectivity index (χ0v) is 8.85. The van der Waals surface area contributed by atoms with Crippen LogP contribution in [0.2, 0.25) is 0 Å². The van der Waals surface area contributed by atoms with Crippen molar-refractivity contribution < 1.29 is 10.0 Å². The molecule has 6 nitrogen and oxygen atoms in total. The van der Waals surface area contributed by atoms with Gasteiger partial charge in [-0.1, -0.05) is 0 Å². The third-order valence-corrected chi connectivity index (χ3v) is 2.00. The average Bonchev–Trinajstić information content (AvgIpc) is 2.29. The number of nitrogens with one attached hydrogen (secondary N) is 2. The molecule has 0 aliphatic heterocycles. The van der Waals surface area contributed by atoms with Crippen molar-refractivity contribution >= 4 is 11.4 Å². The molecule has 1 rings (SSSR count). The molecule has 6 heteroatoms. The number of aliphatic hydroxyl groups is 1. The van der Waals surface area contributed by atoms with E-state index in [2.05, 4.69) is 10.6 Å². The van der Waals surface area contributed by atoms with Gasteiger partial charge in [-0.3, -0.25) is 10.1 Å². The molecule has 0 saturated carbocycles. The lowest BCUT2D eigenvalue weighted by molar-refractivity contribution is -0.384. The summed E-state index contributed by atoms with van der Waals surface area (Å²) >= 11 is 0. The summed E-state index contributed by atoms with van der Waals surface area (Å²) in [6.45, 7) is 2.13. The molecule has 0 radical (unpaired) electrons. The van der Waals surface area contributed by atoms with Crippen LogP contribution in [0.5, 0.6) is 0 Å². The lowest BCUT2D eigenvalue weighted by Gasteiger charge is -2.06. The van der Waals surface area contributed by atoms with E-state index in [4.69, 9.17) is 5.11 Å². The first-order valence-electron chi connectivity index (χ1n) is 5.04. The predicted octanol–water partition coefficient (Wildman–Crippen LogP) is 0.589. The molecule has 0 aromatic heterocycles. The summed E-state index contributed by atoms with van der Waals surface area (Å²) in [7, 11) is 0. The number of anilines is 1. The quantitative estimate of drug-likeness (QED) is 0.359. The largest absolute Gasteiger partial charge is 0.395 e. The molecule has 88 valence electrons. The van der Waals surface area contributed by atoms with Crippen LogP contribution < -0.4 is 10.6 Å². The number of benzene rings is 1. The first kappa shape index (κ1) is 12.4. The smallest absolute Gasteiger partial charge is 0.269 e. The minimum atomic E-state index is -0.424. The molecule has 1 aromatic carbocycles. The van der Waals surface area contributed by atoms with Gasteiger partial charge in [0.1, 0.15) is 0 Å². The van der Waals surface area contributed by atoms with E-state index in [0.29, 0.717) is 13.1 Å². The van der Waals surface area contributed by atoms with Crippen molar-refractivity contribution in [3.8, 4) is 0 Å². The van der Waals surface area contributed by atoms with Crippen molar-refractivity contribution in [1.82, 2.24) is 5.32 Å². The second-order valence-electron chi connectivity index (χ2n) is 3.20. The van der Waals surface area contributed by atoms with E-state index in [1.807, 2.05) is 0 Å². The number of nitro groups is 1. The van der Waals surface area contributed by atoms with Gasteiger partial charge < -0.3 is 15.7 Å². The average molecular weight is 225 g/mol. The highest BCUT2D eigenvalue weighted by atomic mass is 16.6. The van der Waals surface area contributed by atoms with Crippen LogP contribution in [-0.2, 0) is 0 Å². The van der Waals surface area contributed by atoms with Gasteiger partial charge in [0, 0.05) is 37.5 Å². The molecule has 0 spiro atoms. The van der Waals surface area contributed by atoms with E-state index in [1.54, 1.807) is 12.1 Å². The SMILES string of the molecule is O=[N+]([O-])c1ccc(NCCNCCO)cc1. The molecule has 0 saturated heterocycles. The van der Waals surface area contributed by atoms with Crippen molar-refractivity contribution in [1.29, 1.82) is 0 Å². The molecule has 0 heterocycles. The van der Waals surface area contributed by atoms with E-state index in [9.17, 15) is 10.1 Å². The number of hydrogen-bond donors (Lipinski definition) is 3. The van der Waals surface area contributed by atoms with Crippen LogP contribution in [-0.4, -0.2) is 36.3 Å². The van der Waals surface area contributed by atoms with E-state index < -0.39 is 4.92 Å². The number of nitrogens with zero attached hydrogens (tertiary/aromatic N) is 1. The molecule has 0 amide bonds.